The molecule has 39 heteroatoms. The second-order valence-corrected chi connectivity index (χ2v) is 27.4. The molecule has 3 aromatic carbocycles. The van der Waals surface area contributed by atoms with Crippen molar-refractivity contribution in [3.05, 3.63) is 146 Å². The number of nitrogens with one attached hydrogen (secondary N) is 4. The van der Waals surface area contributed by atoms with Crippen molar-refractivity contribution in [1.29, 1.82) is 0 Å². The number of nitrogens with zero attached hydrogens (tertiary/aromatic N) is 9. The fraction of sp³-hybridized carbons (Fsp3) is 0.370. The van der Waals surface area contributed by atoms with Crippen LogP contribution in [0.5, 0.6) is 34.5 Å². The fourth-order valence-electron chi connectivity index (χ4n) is 11.3. The van der Waals surface area contributed by atoms with E-state index >= 15 is 8.78 Å². The first-order valence-electron chi connectivity index (χ1n) is 33.6. The van der Waals surface area contributed by atoms with Gasteiger partial charge in [0.2, 0.25) is 28.2 Å². The van der Waals surface area contributed by atoms with E-state index in [9.17, 15) is 50.5 Å². The fourth-order valence-corrected chi connectivity index (χ4v) is 11.8. The SMILES string of the molecule is C=CC(=O)Cl.C=CC(=O)N[C@H]1COC[C@H]1Nc1ncc2cc(-c3c(F)c(OC)cc(OC)c3F)c(=O)n(C)c2n1.CC(C)(C)OC(=O)N[C@H]1COC[C@H]1N.COc1cc(OC)c(F)c(-c2cc3cnc(N[C@@H]4COC[C@@H]4C)nc3n(C)c2=O)c1F.COc1cc(OC)c(F)c(-c2cc3cnc(S(C)=O)nc3n(C)c2=O)c1F. The number of anilines is 2. The lowest BCUT2D eigenvalue weighted by atomic mass is 10.0. The summed E-state index contributed by atoms with van der Waals surface area (Å²) in [6, 6.07) is 6.31. The highest BCUT2D eigenvalue weighted by Gasteiger charge is 2.33. The lowest BCUT2D eigenvalue weighted by molar-refractivity contribution is -0.117. The zero-order valence-electron chi connectivity index (χ0n) is 63.1. The number of allylic oxidation sites excluding steroid dienone is 1. The maximum Gasteiger partial charge on any atom is 0.408 e. The topological polar surface area (TPSA) is 378 Å². The van der Waals surface area contributed by atoms with E-state index in [0.29, 0.717) is 73.3 Å². The lowest BCUT2D eigenvalue weighted by Crippen LogP contribution is -2.48. The summed E-state index contributed by atoms with van der Waals surface area (Å²) in [4.78, 5) is 96.8. The standard InChI is InChI=1S/C23H23F2N5O5.C21H22F2N4O4.C17H15F2N3O4S.C9H18N2O3.C3H3ClO/c1-5-17(31)27-13-9-35-10-14(13)28-23-26-8-11-6-12(22(32)30(2)21(11)29-23)18-19(24)15(33-3)7-16(34-4)20(18)25;1-10-8-31-9-13(10)25-21-24-7-11-5-12(20(28)27(2)19(11)26-21)16-17(22)14(29-3)6-15(30-4)18(16)23;1-22-15-8(7-20-17(21-15)27(4)24)5-9(16(22)23)12-13(18)10(25-2)6-11(26-3)14(12)19;1-9(2,3)14-8(12)11-7-5-13-4-6(7)10;1-2-3(4)5/h5-8,13-14H,1,9-10H2,2-4H3,(H,27,31)(H,26,28,29);5-7,10,13H,8-9H2,1-4H3,(H,24,25,26);5-7H,1-4H3;6-7H,4-5,10H2,1-3H3,(H,11,12);2H,1H2/t13-,14+;10-,13+;;6-,7+;/m00.1./s1. The van der Waals surface area contributed by atoms with Crippen molar-refractivity contribution in [3.8, 4) is 67.9 Å². The van der Waals surface area contributed by atoms with E-state index in [0.717, 1.165) is 28.8 Å². The Labute approximate surface area is 643 Å². The van der Waals surface area contributed by atoms with E-state index in [2.05, 4.69) is 71.3 Å². The monoisotopic (exact) mass is 1610 g/mol. The summed E-state index contributed by atoms with van der Waals surface area (Å²) in [7, 11) is 10.3. The Kier molecular flexibility index (Phi) is 29.0. The summed E-state index contributed by atoms with van der Waals surface area (Å²) < 4.78 is 155. The van der Waals surface area contributed by atoms with E-state index in [1.54, 1.807) is 0 Å². The van der Waals surface area contributed by atoms with Crippen LogP contribution in [-0.2, 0) is 60.5 Å². The van der Waals surface area contributed by atoms with Crippen LogP contribution < -0.4 is 72.1 Å². The first-order chi connectivity index (χ1) is 53.1. The Morgan fingerprint density at radius 3 is 1.21 bits per heavy atom. The number of rotatable bonds is 18. The molecule has 0 saturated carbocycles. The number of ether oxygens (including phenoxy) is 10. The van der Waals surface area contributed by atoms with Gasteiger partial charge in [0.05, 0.1) is 157 Å². The Morgan fingerprint density at radius 2 is 0.875 bits per heavy atom. The molecule has 0 radical (unpaired) electrons. The Bertz CT molecular complexity index is 5200. The first kappa shape index (κ1) is 86.3. The molecule has 6 N–H and O–H groups in total. The lowest BCUT2D eigenvalue weighted by Gasteiger charge is -2.22. The molecule has 6 aromatic heterocycles. The highest BCUT2D eigenvalue weighted by Crippen LogP contribution is 2.40. The maximum atomic E-state index is 15.0. The molecular formula is C73H81ClF6N14O17S. The average Bonchev–Trinajstić information content (AvgIpc) is 0.905. The van der Waals surface area contributed by atoms with Crippen molar-refractivity contribution in [2.24, 2.45) is 32.8 Å². The van der Waals surface area contributed by atoms with Crippen LogP contribution >= 0.6 is 11.6 Å². The van der Waals surface area contributed by atoms with Crippen molar-refractivity contribution in [1.82, 2.24) is 54.2 Å². The van der Waals surface area contributed by atoms with Gasteiger partial charge in [-0.3, -0.25) is 41.9 Å². The molecule has 2 amide bonds. The molecule has 31 nitrogen and oxygen atoms in total. The number of aryl methyl sites for hydroxylation is 3. The number of methoxy groups -OCH3 is 6. The molecule has 600 valence electrons. The summed E-state index contributed by atoms with van der Waals surface area (Å²) in [5, 5.41) is 12.4. The van der Waals surface area contributed by atoms with Crippen molar-refractivity contribution >= 4 is 84.6 Å². The number of hydrogen-bond donors (Lipinski definition) is 5. The van der Waals surface area contributed by atoms with Crippen LogP contribution in [0.25, 0.3) is 66.5 Å². The number of benzene rings is 3. The van der Waals surface area contributed by atoms with Gasteiger partial charge < -0.3 is 74.4 Å². The zero-order valence-corrected chi connectivity index (χ0v) is 64.6. The Balaban J connectivity index is 0.000000190. The number of amides is 2. The van der Waals surface area contributed by atoms with Crippen molar-refractivity contribution in [2.45, 2.75) is 68.7 Å². The summed E-state index contributed by atoms with van der Waals surface area (Å²) >= 11 is 4.71. The van der Waals surface area contributed by atoms with Crippen molar-refractivity contribution in [3.63, 3.8) is 0 Å². The number of alkyl carbamates (subject to hydrolysis) is 1. The van der Waals surface area contributed by atoms with Gasteiger partial charge in [-0.25, -0.2) is 51.1 Å². The second-order valence-electron chi connectivity index (χ2n) is 25.8. The van der Waals surface area contributed by atoms with Gasteiger partial charge in [-0.15, -0.1) is 0 Å². The normalized spacial score (nSPS) is 17.2. The number of halogens is 7. The Hall–Kier alpha value is -11.3. The second kappa shape index (κ2) is 37.6. The van der Waals surface area contributed by atoms with Gasteiger partial charge in [-0.1, -0.05) is 20.1 Å². The van der Waals surface area contributed by atoms with Gasteiger partial charge >= 0.3 is 6.09 Å². The quantitative estimate of drug-likeness (QED) is 0.0237. The summed E-state index contributed by atoms with van der Waals surface area (Å²) in [6.45, 7) is 16.7. The van der Waals surface area contributed by atoms with Crippen LogP contribution in [0.1, 0.15) is 27.7 Å². The van der Waals surface area contributed by atoms with Gasteiger partial charge in [0.25, 0.3) is 16.7 Å². The van der Waals surface area contributed by atoms with Gasteiger partial charge in [-0.2, -0.15) is 9.97 Å². The molecule has 3 saturated heterocycles. The predicted octanol–water partition coefficient (Wildman–Crippen LogP) is 7.71. The number of carbonyl (C=O) groups excluding carboxylic acids is 3. The smallest absolute Gasteiger partial charge is 0.408 e. The van der Waals surface area contributed by atoms with Crippen LogP contribution in [0.3, 0.4) is 0 Å². The van der Waals surface area contributed by atoms with E-state index in [4.69, 9.17) is 64.7 Å². The van der Waals surface area contributed by atoms with Crippen LogP contribution in [0.15, 0.2) is 99.8 Å². The van der Waals surface area contributed by atoms with Crippen molar-refractivity contribution in [2.75, 3.05) is 99.2 Å². The van der Waals surface area contributed by atoms with Crippen LogP contribution in [0, 0.1) is 40.8 Å². The van der Waals surface area contributed by atoms with Gasteiger partial charge in [0.1, 0.15) is 22.5 Å². The van der Waals surface area contributed by atoms with E-state index in [1.807, 2.05) is 20.8 Å². The molecule has 12 rings (SSSR count). The highest BCUT2D eigenvalue weighted by molar-refractivity contribution is 7.84. The summed E-state index contributed by atoms with van der Waals surface area (Å²) in [5.41, 5.74) is 1.62. The minimum Gasteiger partial charge on any atom is -0.494 e. The third kappa shape index (κ3) is 19.7. The third-order valence-electron chi connectivity index (χ3n) is 17.2. The van der Waals surface area contributed by atoms with Gasteiger partial charge in [0, 0.05) is 86.3 Å². The zero-order chi connectivity index (χ0) is 82.5. The molecule has 9 heterocycles. The summed E-state index contributed by atoms with van der Waals surface area (Å²) in [6.07, 6.45) is 7.44. The predicted molar refractivity (Wildman–Crippen MR) is 403 cm³/mol. The molecule has 1 unspecified atom stereocenters. The third-order valence-corrected chi connectivity index (χ3v) is 18.0. The molecule has 0 aliphatic carbocycles. The molecule has 0 spiro atoms. The number of pyridine rings is 3. The molecule has 9 aromatic rings. The van der Waals surface area contributed by atoms with Gasteiger partial charge in [-0.05, 0) is 62.7 Å². The van der Waals surface area contributed by atoms with E-state index < -0.39 is 96.0 Å². The maximum absolute atomic E-state index is 15.0. The number of aromatic nitrogens is 9. The number of carbonyl (C=O) groups is 3. The average molecular weight is 1610 g/mol. The molecule has 112 heavy (non-hydrogen) atoms. The number of nitrogens with two attached hydrogens (primary N) is 1. The first-order valence-corrected chi connectivity index (χ1v) is 35.5. The molecular weight excluding hydrogens is 1530 g/mol. The van der Waals surface area contributed by atoms with E-state index in [-0.39, 0.29) is 110 Å². The molecule has 3 aliphatic heterocycles. The minimum absolute atomic E-state index is 0.0469. The van der Waals surface area contributed by atoms with Crippen molar-refractivity contribution < 1.29 is 92.3 Å². The van der Waals surface area contributed by atoms with Crippen LogP contribution in [0.4, 0.5) is 43.0 Å². The van der Waals surface area contributed by atoms with Crippen LogP contribution in [0.2, 0.25) is 0 Å². The molecule has 0 bridgehead atoms. The largest absolute Gasteiger partial charge is 0.494 e. The van der Waals surface area contributed by atoms with E-state index in [1.165, 1.54) is 122 Å². The molecule has 7 atom stereocenters. The molecule has 3 fully saturated rings. The van der Waals surface area contributed by atoms with Gasteiger partial charge in [0.15, 0.2) is 69.4 Å². The minimum atomic E-state index is -1.45. The number of hydrogen-bond acceptors (Lipinski definition) is 26. The Morgan fingerprint density at radius 1 is 0.536 bits per heavy atom. The number of fused-ring (bicyclic) bond motifs is 3. The summed E-state index contributed by atoms with van der Waals surface area (Å²) in [5.74, 6) is -7.17. The van der Waals surface area contributed by atoms with Crippen LogP contribution in [-0.4, -0.2) is 189 Å². The molecule has 3 aliphatic rings. The highest BCUT2D eigenvalue weighted by atomic mass is 35.5.